The first-order chi connectivity index (χ1) is 8.81. The molecular formula is C14H22N4. The van der Waals surface area contributed by atoms with Gasteiger partial charge in [-0.15, -0.1) is 0 Å². The maximum absolute atomic E-state index is 4.24. The van der Waals surface area contributed by atoms with Crippen molar-refractivity contribution in [2.45, 2.75) is 39.9 Å². The quantitative estimate of drug-likeness (QED) is 0.760. The topological polar surface area (TPSA) is 34.8 Å². The van der Waals surface area contributed by atoms with Crippen molar-refractivity contribution < 1.29 is 0 Å². The minimum atomic E-state index is 0.948. The molecule has 0 radical (unpaired) electrons. The van der Waals surface area contributed by atoms with Gasteiger partial charge in [-0.2, -0.15) is 0 Å². The molecule has 4 nitrogen and oxygen atoms in total. The average Bonchev–Trinajstić information content (AvgIpc) is 2.96. The van der Waals surface area contributed by atoms with Crippen LogP contribution in [0.3, 0.4) is 0 Å². The zero-order valence-corrected chi connectivity index (χ0v) is 11.3. The first-order valence-corrected chi connectivity index (χ1v) is 6.63. The van der Waals surface area contributed by atoms with Crippen LogP contribution in [0.5, 0.6) is 0 Å². The van der Waals surface area contributed by atoms with E-state index in [0.29, 0.717) is 0 Å². The lowest BCUT2D eigenvalue weighted by molar-refractivity contribution is 0.540. The highest BCUT2D eigenvalue weighted by atomic mass is 15.1. The highest BCUT2D eigenvalue weighted by Crippen LogP contribution is 2.04. The number of imidazole rings is 1. The zero-order chi connectivity index (χ0) is 12.8. The Hall–Kier alpha value is -1.55. The number of aromatic nitrogens is 3. The molecule has 0 aliphatic heterocycles. The SMILES string of the molecule is CCCNCc1cccn1CCn1ccnc1C. The van der Waals surface area contributed by atoms with Gasteiger partial charge in [-0.05, 0) is 32.0 Å². The third-order valence-corrected chi connectivity index (χ3v) is 3.16. The van der Waals surface area contributed by atoms with Crippen LogP contribution in [0.1, 0.15) is 24.9 Å². The van der Waals surface area contributed by atoms with E-state index in [1.54, 1.807) is 0 Å². The van der Waals surface area contributed by atoms with Crippen molar-refractivity contribution in [2.75, 3.05) is 6.54 Å². The van der Waals surface area contributed by atoms with Gasteiger partial charge < -0.3 is 14.5 Å². The Morgan fingerprint density at radius 3 is 2.78 bits per heavy atom. The molecule has 1 N–H and O–H groups in total. The number of hydrogen-bond acceptors (Lipinski definition) is 2. The predicted molar refractivity (Wildman–Crippen MR) is 73.4 cm³/mol. The molecule has 4 heteroatoms. The monoisotopic (exact) mass is 246 g/mol. The Morgan fingerprint density at radius 2 is 2.06 bits per heavy atom. The van der Waals surface area contributed by atoms with Crippen molar-refractivity contribution >= 4 is 0 Å². The fourth-order valence-electron chi connectivity index (χ4n) is 2.08. The molecule has 0 bridgehead atoms. The van der Waals surface area contributed by atoms with Gasteiger partial charge in [0.2, 0.25) is 0 Å². The summed E-state index contributed by atoms with van der Waals surface area (Å²) < 4.78 is 4.49. The lowest BCUT2D eigenvalue weighted by Crippen LogP contribution is -2.18. The molecule has 2 rings (SSSR count). The molecular weight excluding hydrogens is 224 g/mol. The zero-order valence-electron chi connectivity index (χ0n) is 11.3. The Morgan fingerprint density at radius 1 is 1.22 bits per heavy atom. The second-order valence-electron chi connectivity index (χ2n) is 4.54. The van der Waals surface area contributed by atoms with Crippen molar-refractivity contribution in [3.63, 3.8) is 0 Å². The van der Waals surface area contributed by atoms with E-state index in [2.05, 4.69) is 44.7 Å². The van der Waals surface area contributed by atoms with E-state index in [9.17, 15) is 0 Å². The van der Waals surface area contributed by atoms with Crippen LogP contribution in [0.4, 0.5) is 0 Å². The normalized spacial score (nSPS) is 11.0. The second kappa shape index (κ2) is 6.40. The Labute approximate surface area is 109 Å². The summed E-state index contributed by atoms with van der Waals surface area (Å²) in [7, 11) is 0. The number of nitrogens with one attached hydrogen (secondary N) is 1. The first kappa shape index (κ1) is 12.9. The highest BCUT2D eigenvalue weighted by Gasteiger charge is 2.01. The highest BCUT2D eigenvalue weighted by molar-refractivity contribution is 5.07. The van der Waals surface area contributed by atoms with Gasteiger partial charge in [-0.3, -0.25) is 0 Å². The van der Waals surface area contributed by atoms with Gasteiger partial charge >= 0.3 is 0 Å². The van der Waals surface area contributed by atoms with Crippen molar-refractivity contribution in [1.82, 2.24) is 19.4 Å². The molecule has 2 aromatic rings. The van der Waals surface area contributed by atoms with E-state index >= 15 is 0 Å². The van der Waals surface area contributed by atoms with Crippen LogP contribution in [0.15, 0.2) is 30.7 Å². The van der Waals surface area contributed by atoms with Crippen LogP contribution in [0, 0.1) is 6.92 Å². The molecule has 0 atom stereocenters. The molecule has 0 aliphatic carbocycles. The average molecular weight is 246 g/mol. The van der Waals surface area contributed by atoms with E-state index in [0.717, 1.165) is 32.0 Å². The van der Waals surface area contributed by atoms with Gasteiger partial charge in [-0.25, -0.2) is 4.98 Å². The lowest BCUT2D eigenvalue weighted by atomic mass is 10.4. The van der Waals surface area contributed by atoms with Crippen LogP contribution < -0.4 is 5.32 Å². The number of hydrogen-bond donors (Lipinski definition) is 1. The van der Waals surface area contributed by atoms with Crippen LogP contribution in [0.2, 0.25) is 0 Å². The van der Waals surface area contributed by atoms with E-state index in [1.807, 2.05) is 19.3 Å². The molecule has 0 aromatic carbocycles. The fraction of sp³-hybridized carbons (Fsp3) is 0.500. The summed E-state index contributed by atoms with van der Waals surface area (Å²) in [6.45, 7) is 8.22. The molecule has 0 spiro atoms. The lowest BCUT2D eigenvalue weighted by Gasteiger charge is -2.11. The summed E-state index contributed by atoms with van der Waals surface area (Å²) in [5, 5.41) is 3.44. The van der Waals surface area contributed by atoms with Crippen molar-refractivity contribution in [3.8, 4) is 0 Å². The Bertz CT molecular complexity index is 470. The third-order valence-electron chi connectivity index (χ3n) is 3.16. The van der Waals surface area contributed by atoms with E-state index in [-0.39, 0.29) is 0 Å². The van der Waals surface area contributed by atoms with E-state index < -0.39 is 0 Å². The molecule has 18 heavy (non-hydrogen) atoms. The van der Waals surface area contributed by atoms with Gasteiger partial charge in [0.1, 0.15) is 5.82 Å². The number of nitrogens with zero attached hydrogens (tertiary/aromatic N) is 3. The van der Waals surface area contributed by atoms with Gasteiger partial charge in [0, 0.05) is 43.9 Å². The Kier molecular flexibility index (Phi) is 4.59. The minimum absolute atomic E-state index is 0.948. The van der Waals surface area contributed by atoms with Crippen molar-refractivity contribution in [3.05, 3.63) is 42.2 Å². The Balaban J connectivity index is 1.89. The molecule has 0 saturated heterocycles. The van der Waals surface area contributed by atoms with Crippen LogP contribution in [0.25, 0.3) is 0 Å². The van der Waals surface area contributed by atoms with Gasteiger partial charge in [0.25, 0.3) is 0 Å². The summed E-state index contributed by atoms with van der Waals surface area (Å²) in [6, 6.07) is 4.30. The molecule has 2 heterocycles. The summed E-state index contributed by atoms with van der Waals surface area (Å²) >= 11 is 0. The third kappa shape index (κ3) is 3.23. The fourth-order valence-corrected chi connectivity index (χ4v) is 2.08. The molecule has 2 aromatic heterocycles. The molecule has 98 valence electrons. The molecule has 0 saturated carbocycles. The van der Waals surface area contributed by atoms with Gasteiger partial charge in [0.05, 0.1) is 0 Å². The van der Waals surface area contributed by atoms with Crippen LogP contribution in [-0.2, 0) is 19.6 Å². The summed E-state index contributed by atoms with van der Waals surface area (Å²) in [5.74, 6) is 1.08. The molecule has 0 amide bonds. The summed E-state index contributed by atoms with van der Waals surface area (Å²) in [4.78, 5) is 4.24. The van der Waals surface area contributed by atoms with Gasteiger partial charge in [-0.1, -0.05) is 6.92 Å². The molecule has 0 aliphatic rings. The summed E-state index contributed by atoms with van der Waals surface area (Å²) in [6.07, 6.45) is 7.21. The number of aryl methyl sites for hydroxylation is 3. The largest absolute Gasteiger partial charge is 0.348 e. The van der Waals surface area contributed by atoms with E-state index in [4.69, 9.17) is 0 Å². The maximum atomic E-state index is 4.24. The first-order valence-electron chi connectivity index (χ1n) is 6.63. The predicted octanol–water partition coefficient (Wildman–Crippen LogP) is 2.19. The maximum Gasteiger partial charge on any atom is 0.105 e. The van der Waals surface area contributed by atoms with Crippen molar-refractivity contribution in [2.24, 2.45) is 0 Å². The number of rotatable bonds is 7. The summed E-state index contributed by atoms with van der Waals surface area (Å²) in [5.41, 5.74) is 1.35. The second-order valence-corrected chi connectivity index (χ2v) is 4.54. The van der Waals surface area contributed by atoms with E-state index in [1.165, 1.54) is 12.1 Å². The standard InChI is InChI=1S/C14H22N4/c1-3-6-15-12-14-5-4-8-18(14)11-10-17-9-7-16-13(17)2/h4-5,7-9,15H,3,6,10-12H2,1-2H3. The minimum Gasteiger partial charge on any atom is -0.348 e. The van der Waals surface area contributed by atoms with Crippen LogP contribution in [-0.4, -0.2) is 20.7 Å². The molecule has 0 fully saturated rings. The van der Waals surface area contributed by atoms with Crippen molar-refractivity contribution in [1.29, 1.82) is 0 Å². The smallest absolute Gasteiger partial charge is 0.105 e. The molecule has 0 unspecified atom stereocenters. The van der Waals surface area contributed by atoms with Crippen LogP contribution >= 0.6 is 0 Å². The van der Waals surface area contributed by atoms with Gasteiger partial charge in [0.15, 0.2) is 0 Å².